The van der Waals surface area contributed by atoms with E-state index in [9.17, 15) is 13.6 Å². The highest BCUT2D eigenvalue weighted by Gasteiger charge is 2.21. The molecule has 2 heterocycles. The summed E-state index contributed by atoms with van der Waals surface area (Å²) in [6.45, 7) is 1.87. The average molecular weight is 353 g/mol. The SMILES string of the molecule is CCN1CCc2nc(NC(=O)c3ccccc3OC(F)F)sc2C1. The summed E-state index contributed by atoms with van der Waals surface area (Å²) in [7, 11) is 0. The number of likely N-dealkylation sites (N-methyl/N-ethyl adjacent to an activating group) is 1. The maximum atomic E-state index is 12.4. The molecule has 0 spiro atoms. The van der Waals surface area contributed by atoms with Gasteiger partial charge in [-0.15, -0.1) is 11.3 Å². The second kappa shape index (κ2) is 7.23. The van der Waals surface area contributed by atoms with Gasteiger partial charge >= 0.3 is 6.61 Å². The number of halogens is 2. The summed E-state index contributed by atoms with van der Waals surface area (Å²) in [6, 6.07) is 5.92. The van der Waals surface area contributed by atoms with Crippen LogP contribution in [0.1, 0.15) is 27.9 Å². The van der Waals surface area contributed by atoms with Crippen molar-refractivity contribution in [1.82, 2.24) is 9.88 Å². The van der Waals surface area contributed by atoms with Gasteiger partial charge in [0.25, 0.3) is 5.91 Å². The number of thiazole rings is 1. The lowest BCUT2D eigenvalue weighted by Crippen LogP contribution is -2.29. The number of aromatic nitrogens is 1. The first-order valence-electron chi connectivity index (χ1n) is 7.63. The van der Waals surface area contributed by atoms with Crippen molar-refractivity contribution < 1.29 is 18.3 Å². The monoisotopic (exact) mass is 353 g/mol. The Balaban J connectivity index is 1.75. The molecule has 0 atom stereocenters. The molecule has 1 aromatic carbocycles. The third-order valence-electron chi connectivity index (χ3n) is 3.83. The molecule has 0 fully saturated rings. The minimum atomic E-state index is -2.98. The number of benzene rings is 1. The quantitative estimate of drug-likeness (QED) is 0.895. The van der Waals surface area contributed by atoms with Gasteiger partial charge < -0.3 is 4.74 Å². The zero-order valence-electron chi connectivity index (χ0n) is 13.1. The Labute approximate surface area is 142 Å². The maximum absolute atomic E-state index is 12.4. The van der Waals surface area contributed by atoms with Crippen LogP contribution in [0.4, 0.5) is 13.9 Å². The maximum Gasteiger partial charge on any atom is 0.387 e. The zero-order valence-corrected chi connectivity index (χ0v) is 13.9. The largest absolute Gasteiger partial charge is 0.434 e. The Hall–Kier alpha value is -2.06. The Morgan fingerprint density at radius 2 is 2.25 bits per heavy atom. The smallest absolute Gasteiger partial charge is 0.387 e. The summed E-state index contributed by atoms with van der Waals surface area (Å²) >= 11 is 1.42. The summed E-state index contributed by atoms with van der Waals surface area (Å²) in [4.78, 5) is 20.3. The van der Waals surface area contributed by atoms with E-state index in [2.05, 4.69) is 26.9 Å². The van der Waals surface area contributed by atoms with Gasteiger partial charge in [0, 0.05) is 24.4 Å². The molecule has 128 valence electrons. The number of ether oxygens (including phenoxy) is 1. The highest BCUT2D eigenvalue weighted by Crippen LogP contribution is 2.29. The van der Waals surface area contributed by atoms with Crippen molar-refractivity contribution in [3.8, 4) is 5.75 Å². The lowest BCUT2D eigenvalue weighted by atomic mass is 10.2. The van der Waals surface area contributed by atoms with E-state index in [-0.39, 0.29) is 11.3 Å². The van der Waals surface area contributed by atoms with Crippen LogP contribution in [0.25, 0.3) is 0 Å². The van der Waals surface area contributed by atoms with Crippen LogP contribution >= 0.6 is 11.3 Å². The molecule has 1 aliphatic heterocycles. The van der Waals surface area contributed by atoms with Crippen molar-refractivity contribution in [2.45, 2.75) is 26.5 Å². The van der Waals surface area contributed by atoms with Crippen molar-refractivity contribution in [3.63, 3.8) is 0 Å². The topological polar surface area (TPSA) is 54.5 Å². The molecule has 0 unspecified atom stereocenters. The lowest BCUT2D eigenvalue weighted by Gasteiger charge is -2.23. The lowest BCUT2D eigenvalue weighted by molar-refractivity contribution is -0.0501. The Bertz CT molecular complexity index is 736. The second-order valence-electron chi connectivity index (χ2n) is 5.34. The number of anilines is 1. The predicted octanol–water partition coefficient (Wildman–Crippen LogP) is 3.37. The third kappa shape index (κ3) is 3.70. The number of rotatable bonds is 5. The first-order chi connectivity index (χ1) is 11.6. The number of carbonyl (C=O) groups is 1. The first kappa shape index (κ1) is 16.8. The first-order valence-corrected chi connectivity index (χ1v) is 8.44. The van der Waals surface area contributed by atoms with Gasteiger partial charge in [0.05, 0.1) is 11.3 Å². The molecule has 5 nitrogen and oxygen atoms in total. The van der Waals surface area contributed by atoms with Gasteiger partial charge in [0.2, 0.25) is 0 Å². The van der Waals surface area contributed by atoms with Gasteiger partial charge in [0.15, 0.2) is 5.13 Å². The van der Waals surface area contributed by atoms with Crippen LogP contribution in [-0.4, -0.2) is 35.5 Å². The highest BCUT2D eigenvalue weighted by molar-refractivity contribution is 7.15. The number of amides is 1. The van der Waals surface area contributed by atoms with Gasteiger partial charge in [-0.25, -0.2) is 4.98 Å². The summed E-state index contributed by atoms with van der Waals surface area (Å²) in [6.07, 6.45) is 0.848. The van der Waals surface area contributed by atoms with E-state index in [0.29, 0.717) is 5.13 Å². The number of fused-ring (bicyclic) bond motifs is 1. The van der Waals surface area contributed by atoms with Crippen LogP contribution in [0.15, 0.2) is 24.3 Å². The van der Waals surface area contributed by atoms with Crippen LogP contribution in [0, 0.1) is 0 Å². The molecule has 0 radical (unpaired) electrons. The van der Waals surface area contributed by atoms with E-state index >= 15 is 0 Å². The van der Waals surface area contributed by atoms with Gasteiger partial charge in [-0.05, 0) is 18.7 Å². The number of hydrogen-bond donors (Lipinski definition) is 1. The summed E-state index contributed by atoms with van der Waals surface area (Å²) in [5.74, 6) is -0.659. The molecule has 0 bridgehead atoms. The minimum Gasteiger partial charge on any atom is -0.434 e. The molecule has 1 aromatic heterocycles. The van der Waals surface area contributed by atoms with Gasteiger partial charge in [-0.1, -0.05) is 19.1 Å². The minimum absolute atomic E-state index is 0.0566. The number of hydrogen-bond acceptors (Lipinski definition) is 5. The molecule has 1 amide bonds. The van der Waals surface area contributed by atoms with Crippen LogP contribution in [0.3, 0.4) is 0 Å². The van der Waals surface area contributed by atoms with E-state index in [1.165, 1.54) is 29.5 Å². The van der Waals surface area contributed by atoms with Crippen molar-refractivity contribution in [2.75, 3.05) is 18.4 Å². The fourth-order valence-electron chi connectivity index (χ4n) is 2.59. The number of nitrogens with one attached hydrogen (secondary N) is 1. The van der Waals surface area contributed by atoms with Crippen LogP contribution < -0.4 is 10.1 Å². The fraction of sp³-hybridized carbons (Fsp3) is 0.375. The van der Waals surface area contributed by atoms with Crippen LogP contribution in [0.2, 0.25) is 0 Å². The highest BCUT2D eigenvalue weighted by atomic mass is 32.1. The molecular formula is C16H17F2N3O2S. The molecular weight excluding hydrogens is 336 g/mol. The van der Waals surface area contributed by atoms with E-state index in [1.807, 2.05) is 0 Å². The Morgan fingerprint density at radius 1 is 1.46 bits per heavy atom. The molecule has 24 heavy (non-hydrogen) atoms. The van der Waals surface area contributed by atoms with E-state index < -0.39 is 12.5 Å². The van der Waals surface area contributed by atoms with Gasteiger partial charge in [-0.2, -0.15) is 8.78 Å². The van der Waals surface area contributed by atoms with Gasteiger partial charge in [0.1, 0.15) is 5.75 Å². The number of nitrogens with zero attached hydrogens (tertiary/aromatic N) is 2. The zero-order chi connectivity index (χ0) is 17.1. The van der Waals surface area contributed by atoms with Crippen molar-refractivity contribution in [3.05, 3.63) is 40.4 Å². The summed E-state index contributed by atoms with van der Waals surface area (Å²) in [5, 5.41) is 3.17. The standard InChI is InChI=1S/C16H17F2N3O2S/c1-2-21-8-7-11-13(9-21)24-16(19-11)20-14(22)10-5-3-4-6-12(10)23-15(17)18/h3-6,15H,2,7-9H2,1H3,(H,19,20,22). The van der Waals surface area contributed by atoms with Crippen LogP contribution in [0.5, 0.6) is 5.75 Å². The molecule has 2 aromatic rings. The number of alkyl halides is 2. The number of carbonyl (C=O) groups excluding carboxylic acids is 1. The third-order valence-corrected chi connectivity index (χ3v) is 4.82. The van der Waals surface area contributed by atoms with Crippen molar-refractivity contribution >= 4 is 22.4 Å². The summed E-state index contributed by atoms with van der Waals surface area (Å²) < 4.78 is 29.3. The van der Waals surface area contributed by atoms with Gasteiger partial charge in [-0.3, -0.25) is 15.0 Å². The Morgan fingerprint density at radius 3 is 3.00 bits per heavy atom. The molecule has 0 saturated carbocycles. The summed E-state index contributed by atoms with van der Waals surface area (Å²) in [5.41, 5.74) is 1.05. The number of para-hydroxylation sites is 1. The van der Waals surface area contributed by atoms with E-state index in [1.54, 1.807) is 6.07 Å². The fourth-order valence-corrected chi connectivity index (χ4v) is 3.63. The molecule has 1 aliphatic rings. The van der Waals surface area contributed by atoms with Crippen molar-refractivity contribution in [1.29, 1.82) is 0 Å². The molecule has 8 heteroatoms. The van der Waals surface area contributed by atoms with E-state index in [0.717, 1.165) is 36.6 Å². The molecule has 1 N–H and O–H groups in total. The molecule has 0 saturated heterocycles. The normalized spacial score (nSPS) is 14.5. The predicted molar refractivity (Wildman–Crippen MR) is 87.8 cm³/mol. The molecule has 3 rings (SSSR count). The average Bonchev–Trinajstić information content (AvgIpc) is 2.95. The second-order valence-corrected chi connectivity index (χ2v) is 6.42. The van der Waals surface area contributed by atoms with E-state index in [4.69, 9.17) is 0 Å². The molecule has 0 aliphatic carbocycles. The van der Waals surface area contributed by atoms with Crippen molar-refractivity contribution in [2.24, 2.45) is 0 Å². The van der Waals surface area contributed by atoms with Crippen LogP contribution in [-0.2, 0) is 13.0 Å². The Kier molecular flexibility index (Phi) is 5.06.